The van der Waals surface area contributed by atoms with E-state index in [-0.39, 0.29) is 6.04 Å². The van der Waals surface area contributed by atoms with Crippen molar-refractivity contribution in [2.45, 2.75) is 19.9 Å². The molecule has 0 radical (unpaired) electrons. The minimum absolute atomic E-state index is 0.278. The molecule has 3 nitrogen and oxygen atoms in total. The summed E-state index contributed by atoms with van der Waals surface area (Å²) in [6.45, 7) is 4.14. The maximum absolute atomic E-state index is 6.29. The monoisotopic (exact) mass is 296 g/mol. The molecule has 0 aliphatic carbocycles. The fourth-order valence-corrected chi connectivity index (χ4v) is 3.43. The zero-order valence-electron chi connectivity index (χ0n) is 11.5. The van der Waals surface area contributed by atoms with Crippen LogP contribution >= 0.6 is 22.9 Å². The normalized spacial score (nSPS) is 12.5. The second-order valence-corrected chi connectivity index (χ2v) is 5.73. The SMILES string of the molecule is CNC(C)c1sc(-c2c(Cl)cccc2OC)nc1C. The van der Waals surface area contributed by atoms with Crippen LogP contribution in [0.5, 0.6) is 5.75 Å². The Balaban J connectivity index is 2.54. The highest BCUT2D eigenvalue weighted by Gasteiger charge is 2.18. The fourth-order valence-electron chi connectivity index (χ4n) is 1.93. The summed E-state index contributed by atoms with van der Waals surface area (Å²) in [4.78, 5) is 5.86. The number of halogens is 1. The molecule has 0 saturated carbocycles. The molecular weight excluding hydrogens is 280 g/mol. The van der Waals surface area contributed by atoms with Crippen LogP contribution in [0.15, 0.2) is 18.2 Å². The first-order chi connectivity index (χ1) is 9.08. The van der Waals surface area contributed by atoms with Crippen molar-refractivity contribution in [2.75, 3.05) is 14.2 Å². The molecular formula is C14H17ClN2OS. The molecule has 1 heterocycles. The number of aryl methyl sites for hydroxylation is 1. The van der Waals surface area contributed by atoms with Gasteiger partial charge in [0.2, 0.25) is 0 Å². The summed E-state index contributed by atoms with van der Waals surface area (Å²) < 4.78 is 5.38. The van der Waals surface area contributed by atoms with Gasteiger partial charge in [-0.2, -0.15) is 0 Å². The van der Waals surface area contributed by atoms with E-state index in [2.05, 4.69) is 17.2 Å². The summed E-state index contributed by atoms with van der Waals surface area (Å²) in [6, 6.07) is 5.92. The Kier molecular flexibility index (Phi) is 4.45. The van der Waals surface area contributed by atoms with Crippen LogP contribution in [0.25, 0.3) is 10.6 Å². The average molecular weight is 297 g/mol. The van der Waals surface area contributed by atoms with Crippen LogP contribution in [0.1, 0.15) is 23.5 Å². The quantitative estimate of drug-likeness (QED) is 0.924. The minimum atomic E-state index is 0.278. The summed E-state index contributed by atoms with van der Waals surface area (Å²) in [7, 11) is 3.59. The van der Waals surface area contributed by atoms with Crippen molar-refractivity contribution >= 4 is 22.9 Å². The molecule has 0 saturated heterocycles. The highest BCUT2D eigenvalue weighted by atomic mass is 35.5. The van der Waals surface area contributed by atoms with Gasteiger partial charge in [-0.3, -0.25) is 0 Å². The first kappa shape index (κ1) is 14.3. The maximum atomic E-state index is 6.29. The van der Waals surface area contributed by atoms with Gasteiger partial charge in [0.25, 0.3) is 0 Å². The van der Waals surface area contributed by atoms with Crippen LogP contribution in [-0.4, -0.2) is 19.1 Å². The van der Waals surface area contributed by atoms with Crippen molar-refractivity contribution in [2.24, 2.45) is 0 Å². The molecule has 5 heteroatoms. The summed E-state index contributed by atoms with van der Waals surface area (Å²) in [5.41, 5.74) is 1.90. The lowest BCUT2D eigenvalue weighted by Crippen LogP contribution is -2.11. The zero-order chi connectivity index (χ0) is 14.0. The highest BCUT2D eigenvalue weighted by Crippen LogP contribution is 2.40. The third-order valence-electron chi connectivity index (χ3n) is 3.07. The second kappa shape index (κ2) is 5.90. The Morgan fingerprint density at radius 3 is 2.79 bits per heavy atom. The molecule has 102 valence electrons. The molecule has 0 aliphatic rings. The average Bonchev–Trinajstić information content (AvgIpc) is 2.79. The van der Waals surface area contributed by atoms with Gasteiger partial charge in [-0.25, -0.2) is 4.98 Å². The number of benzene rings is 1. The van der Waals surface area contributed by atoms with Crippen LogP contribution in [0.3, 0.4) is 0 Å². The highest BCUT2D eigenvalue weighted by molar-refractivity contribution is 7.15. The lowest BCUT2D eigenvalue weighted by molar-refractivity contribution is 0.416. The Bertz CT molecular complexity index is 583. The largest absolute Gasteiger partial charge is 0.496 e. The molecule has 1 unspecified atom stereocenters. The lowest BCUT2D eigenvalue weighted by Gasteiger charge is -2.08. The third kappa shape index (κ3) is 2.76. The van der Waals surface area contributed by atoms with Gasteiger partial charge in [-0.05, 0) is 33.0 Å². The predicted molar refractivity (Wildman–Crippen MR) is 81.3 cm³/mol. The number of aromatic nitrogens is 1. The van der Waals surface area contributed by atoms with Crippen molar-refractivity contribution in [1.29, 1.82) is 0 Å². The molecule has 2 rings (SSSR count). The molecule has 0 aliphatic heterocycles. The Morgan fingerprint density at radius 1 is 1.42 bits per heavy atom. The zero-order valence-corrected chi connectivity index (χ0v) is 13.0. The number of rotatable bonds is 4. The van der Waals surface area contributed by atoms with Crippen LogP contribution in [0.2, 0.25) is 5.02 Å². The van der Waals surface area contributed by atoms with Gasteiger partial charge in [0.1, 0.15) is 10.8 Å². The molecule has 1 N–H and O–H groups in total. The van der Waals surface area contributed by atoms with Crippen LogP contribution in [-0.2, 0) is 0 Å². The second-order valence-electron chi connectivity index (χ2n) is 4.30. The number of hydrogen-bond acceptors (Lipinski definition) is 4. The van der Waals surface area contributed by atoms with Gasteiger partial charge in [0, 0.05) is 10.9 Å². The standard InChI is InChI=1S/C14H17ClN2OS/c1-8(16-3)13-9(2)17-14(19-13)12-10(15)6-5-7-11(12)18-4/h5-8,16H,1-4H3. The number of thiazole rings is 1. The minimum Gasteiger partial charge on any atom is -0.496 e. The Labute approximate surface area is 122 Å². The molecule has 0 bridgehead atoms. The van der Waals surface area contributed by atoms with E-state index in [4.69, 9.17) is 16.3 Å². The van der Waals surface area contributed by atoms with Gasteiger partial charge in [-0.15, -0.1) is 11.3 Å². The molecule has 1 aromatic carbocycles. The number of hydrogen-bond donors (Lipinski definition) is 1. The Hall–Kier alpha value is -1.10. The first-order valence-electron chi connectivity index (χ1n) is 6.06. The van der Waals surface area contributed by atoms with Crippen LogP contribution in [0, 0.1) is 6.92 Å². The van der Waals surface area contributed by atoms with E-state index < -0.39 is 0 Å². The molecule has 0 spiro atoms. The van der Waals surface area contributed by atoms with Gasteiger partial charge in [-0.1, -0.05) is 17.7 Å². The third-order valence-corrected chi connectivity index (χ3v) is 4.74. The smallest absolute Gasteiger partial charge is 0.130 e. The molecule has 0 fully saturated rings. The molecule has 0 amide bonds. The molecule has 1 aromatic heterocycles. The van der Waals surface area contributed by atoms with E-state index in [1.165, 1.54) is 4.88 Å². The van der Waals surface area contributed by atoms with Gasteiger partial charge in [0.05, 0.1) is 23.4 Å². The summed E-state index contributed by atoms with van der Waals surface area (Å²) in [6.07, 6.45) is 0. The predicted octanol–water partition coefficient (Wildman–Crippen LogP) is 4.06. The Morgan fingerprint density at radius 2 is 2.16 bits per heavy atom. The summed E-state index contributed by atoms with van der Waals surface area (Å²) in [5.74, 6) is 0.755. The van der Waals surface area contributed by atoms with E-state index in [9.17, 15) is 0 Å². The maximum Gasteiger partial charge on any atom is 0.130 e. The van der Waals surface area contributed by atoms with Crippen LogP contribution in [0.4, 0.5) is 0 Å². The van der Waals surface area contributed by atoms with Crippen molar-refractivity contribution in [1.82, 2.24) is 10.3 Å². The van der Waals surface area contributed by atoms with Crippen LogP contribution < -0.4 is 10.1 Å². The topological polar surface area (TPSA) is 34.1 Å². The molecule has 19 heavy (non-hydrogen) atoms. The van der Waals surface area contributed by atoms with E-state index in [0.29, 0.717) is 5.02 Å². The van der Waals surface area contributed by atoms with Crippen molar-refractivity contribution < 1.29 is 4.74 Å². The van der Waals surface area contributed by atoms with Crippen molar-refractivity contribution in [3.63, 3.8) is 0 Å². The number of methoxy groups -OCH3 is 1. The summed E-state index contributed by atoms with van der Waals surface area (Å²) in [5, 5.41) is 4.80. The lowest BCUT2D eigenvalue weighted by atomic mass is 10.2. The van der Waals surface area contributed by atoms with Gasteiger partial charge >= 0.3 is 0 Å². The number of ether oxygens (including phenoxy) is 1. The van der Waals surface area contributed by atoms with Crippen molar-refractivity contribution in [3.8, 4) is 16.3 Å². The van der Waals surface area contributed by atoms with E-state index in [1.807, 2.05) is 32.2 Å². The van der Waals surface area contributed by atoms with Gasteiger partial charge in [0.15, 0.2) is 0 Å². The summed E-state index contributed by atoms with van der Waals surface area (Å²) >= 11 is 7.94. The van der Waals surface area contributed by atoms with Crippen molar-refractivity contribution in [3.05, 3.63) is 33.8 Å². The molecule has 1 atom stereocenters. The first-order valence-corrected chi connectivity index (χ1v) is 7.25. The molecule has 2 aromatic rings. The number of nitrogens with one attached hydrogen (secondary N) is 1. The van der Waals surface area contributed by atoms with E-state index in [0.717, 1.165) is 22.0 Å². The number of nitrogens with zero attached hydrogens (tertiary/aromatic N) is 1. The van der Waals surface area contributed by atoms with E-state index in [1.54, 1.807) is 18.4 Å². The van der Waals surface area contributed by atoms with E-state index >= 15 is 0 Å². The van der Waals surface area contributed by atoms with Gasteiger partial charge < -0.3 is 10.1 Å². The fraction of sp³-hybridized carbons (Fsp3) is 0.357.